The predicted molar refractivity (Wildman–Crippen MR) is 173 cm³/mol. The van der Waals surface area contributed by atoms with Crippen LogP contribution in [0.1, 0.15) is 46.5 Å². The summed E-state index contributed by atoms with van der Waals surface area (Å²) >= 11 is 9.46. The van der Waals surface area contributed by atoms with E-state index in [1.54, 1.807) is 54.6 Å². The number of amides is 2. The van der Waals surface area contributed by atoms with Crippen molar-refractivity contribution in [2.45, 2.75) is 26.7 Å². The number of halogens is 2. The van der Waals surface area contributed by atoms with E-state index in [1.807, 2.05) is 38.1 Å². The number of carbonyl (C=O) groups excluding carboxylic acids is 4. The minimum Gasteiger partial charge on any atom is -0.454 e. The van der Waals surface area contributed by atoms with Crippen molar-refractivity contribution in [1.29, 1.82) is 0 Å². The van der Waals surface area contributed by atoms with Gasteiger partial charge in [-0.15, -0.1) is 0 Å². The van der Waals surface area contributed by atoms with Crippen molar-refractivity contribution < 1.29 is 23.9 Å². The zero-order valence-corrected chi connectivity index (χ0v) is 26.4. The number of benzene rings is 3. The van der Waals surface area contributed by atoms with Crippen molar-refractivity contribution in [2.24, 2.45) is 17.8 Å². The van der Waals surface area contributed by atoms with Crippen LogP contribution in [0.5, 0.6) is 0 Å². The summed E-state index contributed by atoms with van der Waals surface area (Å²) in [6.45, 7) is 3.54. The number of rotatable bonds is 7. The van der Waals surface area contributed by atoms with Crippen LogP contribution >= 0.6 is 27.5 Å². The predicted octanol–water partition coefficient (Wildman–Crippen LogP) is 7.62. The first kappa shape index (κ1) is 29.9. The minimum absolute atomic E-state index is 0.00346. The van der Waals surface area contributed by atoms with Crippen molar-refractivity contribution in [3.63, 3.8) is 0 Å². The Morgan fingerprint density at radius 2 is 1.75 bits per heavy atom. The molecule has 1 aliphatic carbocycles. The maximum Gasteiger partial charge on any atom is 0.339 e. The molecule has 3 unspecified atom stereocenters. The molecule has 0 saturated carbocycles. The largest absolute Gasteiger partial charge is 0.454 e. The summed E-state index contributed by atoms with van der Waals surface area (Å²) in [5.74, 6) is -2.04. The number of ketones is 1. The molecular formula is C35H28BrClN2O5. The molecule has 1 fully saturated rings. The van der Waals surface area contributed by atoms with E-state index in [0.29, 0.717) is 51.3 Å². The van der Waals surface area contributed by atoms with Crippen LogP contribution in [-0.2, 0) is 20.7 Å². The number of anilines is 1. The highest BCUT2D eigenvalue weighted by Gasteiger charge is 2.50. The molecule has 0 spiro atoms. The molecule has 1 aliphatic heterocycles. The molecule has 1 aromatic heterocycles. The van der Waals surface area contributed by atoms with Crippen molar-refractivity contribution >= 4 is 67.7 Å². The Balaban J connectivity index is 1.33. The SMILES string of the molecule is CCc1cc(Br)cc2c(C(=O)OCC(=O)c3ccc(Cl)cc3)cc(-c3ccc(N4C(=O)C5CC=CC(C)C5C4=O)cc3)nc12. The first-order chi connectivity index (χ1) is 21.2. The molecule has 44 heavy (non-hydrogen) atoms. The number of carbonyl (C=O) groups is 4. The maximum absolute atomic E-state index is 13.5. The van der Waals surface area contributed by atoms with E-state index in [0.717, 1.165) is 10.0 Å². The lowest BCUT2D eigenvalue weighted by Crippen LogP contribution is -2.31. The van der Waals surface area contributed by atoms with Gasteiger partial charge in [0.05, 0.1) is 34.3 Å². The van der Waals surface area contributed by atoms with Crippen LogP contribution in [0, 0.1) is 17.8 Å². The summed E-state index contributed by atoms with van der Waals surface area (Å²) in [6.07, 6.45) is 5.22. The Kier molecular flexibility index (Phi) is 8.22. The number of hydrogen-bond donors (Lipinski definition) is 0. The zero-order valence-electron chi connectivity index (χ0n) is 24.1. The number of pyridine rings is 1. The summed E-state index contributed by atoms with van der Waals surface area (Å²) in [7, 11) is 0. The second-order valence-corrected chi connectivity index (χ2v) is 12.4. The quantitative estimate of drug-likeness (QED) is 0.0869. The van der Waals surface area contributed by atoms with Gasteiger partial charge in [-0.25, -0.2) is 9.78 Å². The fourth-order valence-electron chi connectivity index (χ4n) is 6.06. The Morgan fingerprint density at radius 1 is 1.02 bits per heavy atom. The number of allylic oxidation sites excluding steroid dienone is 2. The fraction of sp³-hybridized carbons (Fsp3) is 0.229. The lowest BCUT2D eigenvalue weighted by atomic mass is 9.78. The second kappa shape index (κ2) is 12.1. The van der Waals surface area contributed by atoms with E-state index >= 15 is 0 Å². The van der Waals surface area contributed by atoms with E-state index in [2.05, 4.69) is 15.9 Å². The Morgan fingerprint density at radius 3 is 2.43 bits per heavy atom. The van der Waals surface area contributed by atoms with Gasteiger partial charge in [0, 0.05) is 26.0 Å². The molecule has 2 heterocycles. The average Bonchev–Trinajstić information content (AvgIpc) is 3.29. The number of Topliss-reactive ketones (excluding diaryl/α,β-unsaturated/α-hetero) is 1. The molecule has 9 heteroatoms. The highest BCUT2D eigenvalue weighted by Crippen LogP contribution is 2.41. The van der Waals surface area contributed by atoms with Crippen LogP contribution in [0.4, 0.5) is 5.69 Å². The van der Waals surface area contributed by atoms with E-state index in [4.69, 9.17) is 21.3 Å². The molecular weight excluding hydrogens is 644 g/mol. The number of esters is 1. The smallest absolute Gasteiger partial charge is 0.339 e. The standard InChI is InChI=1S/C35H28BrClN2O5/c1-3-20-15-23(36)16-27-28(35(43)44-18-30(40)22-7-11-24(37)12-8-22)17-29(38-32(20)27)21-9-13-25(14-10-21)39-33(41)26-6-4-5-19(2)31(26)34(39)42/h4-5,7-17,19,26,31H,3,6,18H2,1-2H3. The number of aryl methyl sites for hydroxylation is 1. The Labute approximate surface area is 268 Å². The Hall–Kier alpha value is -4.14. The number of hydrogen-bond acceptors (Lipinski definition) is 6. The van der Waals surface area contributed by atoms with Crippen LogP contribution in [0.3, 0.4) is 0 Å². The summed E-state index contributed by atoms with van der Waals surface area (Å²) in [6, 6.07) is 18.8. The van der Waals surface area contributed by atoms with Gasteiger partial charge in [0.25, 0.3) is 0 Å². The van der Waals surface area contributed by atoms with Crippen molar-refractivity contribution in [1.82, 2.24) is 4.98 Å². The van der Waals surface area contributed by atoms with E-state index in [-0.39, 0.29) is 40.9 Å². The average molecular weight is 672 g/mol. The third-order valence-corrected chi connectivity index (χ3v) is 9.06. The highest BCUT2D eigenvalue weighted by molar-refractivity contribution is 9.10. The summed E-state index contributed by atoms with van der Waals surface area (Å²) in [5.41, 5.74) is 3.94. The molecule has 2 amide bonds. The number of ether oxygens (including phenoxy) is 1. The van der Waals surface area contributed by atoms with Gasteiger partial charge in [-0.3, -0.25) is 19.3 Å². The van der Waals surface area contributed by atoms with Gasteiger partial charge in [0.15, 0.2) is 12.4 Å². The monoisotopic (exact) mass is 670 g/mol. The molecule has 3 aromatic carbocycles. The van der Waals surface area contributed by atoms with Crippen LogP contribution < -0.4 is 4.90 Å². The first-order valence-corrected chi connectivity index (χ1v) is 15.6. The Bertz CT molecular complexity index is 1850. The van der Waals surface area contributed by atoms with E-state index in [1.165, 1.54) is 4.90 Å². The number of imide groups is 1. The summed E-state index contributed by atoms with van der Waals surface area (Å²) in [4.78, 5) is 58.8. The molecule has 0 bridgehead atoms. The van der Waals surface area contributed by atoms with Gasteiger partial charge in [0.2, 0.25) is 11.8 Å². The number of aromatic nitrogens is 1. The maximum atomic E-state index is 13.5. The molecule has 0 radical (unpaired) electrons. The van der Waals surface area contributed by atoms with Crippen molar-refractivity contribution in [2.75, 3.05) is 11.5 Å². The minimum atomic E-state index is -0.656. The highest BCUT2D eigenvalue weighted by atomic mass is 79.9. The third-order valence-electron chi connectivity index (χ3n) is 8.35. The van der Waals surface area contributed by atoms with Gasteiger partial charge in [-0.2, -0.15) is 0 Å². The zero-order chi connectivity index (χ0) is 31.1. The number of fused-ring (bicyclic) bond motifs is 2. The second-order valence-electron chi connectivity index (χ2n) is 11.1. The fourth-order valence-corrected chi connectivity index (χ4v) is 6.69. The number of nitrogens with zero attached hydrogens (tertiary/aromatic N) is 2. The van der Waals surface area contributed by atoms with E-state index < -0.39 is 12.6 Å². The normalized spacial score (nSPS) is 19.4. The van der Waals surface area contributed by atoms with Gasteiger partial charge < -0.3 is 4.74 Å². The van der Waals surface area contributed by atoms with Crippen LogP contribution in [0.25, 0.3) is 22.2 Å². The lowest BCUT2D eigenvalue weighted by molar-refractivity contribution is -0.122. The molecule has 7 nitrogen and oxygen atoms in total. The van der Waals surface area contributed by atoms with Crippen LogP contribution in [-0.4, -0.2) is 35.2 Å². The lowest BCUT2D eigenvalue weighted by Gasteiger charge is -2.22. The van der Waals surface area contributed by atoms with Crippen LogP contribution in [0.15, 0.2) is 83.4 Å². The molecule has 4 aromatic rings. The van der Waals surface area contributed by atoms with Crippen molar-refractivity contribution in [3.05, 3.63) is 105 Å². The van der Waals surface area contributed by atoms with E-state index in [9.17, 15) is 19.2 Å². The molecule has 222 valence electrons. The van der Waals surface area contributed by atoms with Gasteiger partial charge in [-0.05, 0) is 78.9 Å². The van der Waals surface area contributed by atoms with Gasteiger partial charge >= 0.3 is 5.97 Å². The molecule has 2 aliphatic rings. The topological polar surface area (TPSA) is 93.6 Å². The molecule has 0 N–H and O–H groups in total. The van der Waals surface area contributed by atoms with Crippen LogP contribution in [0.2, 0.25) is 5.02 Å². The first-order valence-electron chi connectivity index (χ1n) is 14.4. The third kappa shape index (κ3) is 5.48. The summed E-state index contributed by atoms with van der Waals surface area (Å²) in [5, 5.41) is 1.10. The molecule has 6 rings (SSSR count). The van der Waals surface area contributed by atoms with Gasteiger partial charge in [-0.1, -0.05) is 65.7 Å². The van der Waals surface area contributed by atoms with Gasteiger partial charge in [0.1, 0.15) is 0 Å². The molecule has 3 atom stereocenters. The molecule has 1 saturated heterocycles. The van der Waals surface area contributed by atoms with Crippen molar-refractivity contribution in [3.8, 4) is 11.3 Å². The summed E-state index contributed by atoms with van der Waals surface area (Å²) < 4.78 is 6.29.